The minimum absolute atomic E-state index is 0.136. The van der Waals surface area contributed by atoms with Crippen molar-refractivity contribution in [1.29, 1.82) is 0 Å². The Labute approximate surface area is 121 Å². The maximum Gasteiger partial charge on any atom is 0.198 e. The average Bonchev–Trinajstić information content (AvgIpc) is 2.86. The predicted molar refractivity (Wildman–Crippen MR) is 80.1 cm³/mol. The van der Waals surface area contributed by atoms with Gasteiger partial charge < -0.3 is 4.98 Å². The molecule has 3 nitrogen and oxygen atoms in total. The third-order valence-electron chi connectivity index (χ3n) is 3.68. The van der Waals surface area contributed by atoms with Crippen LogP contribution in [0.3, 0.4) is 0 Å². The normalized spacial score (nSPS) is 11.0. The molecule has 2 heterocycles. The number of aryl methyl sites for hydroxylation is 3. The highest BCUT2D eigenvalue weighted by molar-refractivity contribution is 6.16. The van der Waals surface area contributed by atoms with Crippen LogP contribution in [0.4, 0.5) is 4.39 Å². The number of ketones is 1. The van der Waals surface area contributed by atoms with E-state index in [0.29, 0.717) is 22.3 Å². The molecule has 4 heteroatoms. The van der Waals surface area contributed by atoms with Gasteiger partial charge in [-0.3, -0.25) is 4.79 Å². The number of hydrogen-bond donors (Lipinski definition) is 1. The summed E-state index contributed by atoms with van der Waals surface area (Å²) in [6, 6.07) is 5.33. The Morgan fingerprint density at radius 1 is 1.19 bits per heavy atom. The number of carbonyl (C=O) groups is 1. The zero-order chi connectivity index (χ0) is 15.1. The van der Waals surface area contributed by atoms with Crippen molar-refractivity contribution in [2.75, 3.05) is 0 Å². The zero-order valence-electron chi connectivity index (χ0n) is 12.1. The third kappa shape index (κ3) is 2.13. The van der Waals surface area contributed by atoms with Gasteiger partial charge in [-0.2, -0.15) is 0 Å². The Bertz CT molecular complexity index is 865. The molecule has 0 aliphatic carbocycles. The van der Waals surface area contributed by atoms with Gasteiger partial charge in [-0.25, -0.2) is 9.37 Å². The van der Waals surface area contributed by atoms with E-state index in [4.69, 9.17) is 0 Å². The number of halogens is 1. The van der Waals surface area contributed by atoms with Gasteiger partial charge in [0, 0.05) is 23.3 Å². The van der Waals surface area contributed by atoms with E-state index < -0.39 is 5.82 Å². The van der Waals surface area contributed by atoms with Gasteiger partial charge in [0.25, 0.3) is 0 Å². The fourth-order valence-corrected chi connectivity index (χ4v) is 2.49. The summed E-state index contributed by atoms with van der Waals surface area (Å²) in [6.07, 6.45) is 3.33. The molecule has 0 radical (unpaired) electrons. The second-order valence-corrected chi connectivity index (χ2v) is 5.33. The quantitative estimate of drug-likeness (QED) is 0.725. The first-order chi connectivity index (χ1) is 9.99. The van der Waals surface area contributed by atoms with Crippen molar-refractivity contribution in [3.63, 3.8) is 0 Å². The minimum Gasteiger partial charge on any atom is -0.345 e. The van der Waals surface area contributed by atoms with Gasteiger partial charge in [0.05, 0.1) is 5.56 Å². The molecule has 2 aromatic heterocycles. The number of aromatic nitrogens is 2. The van der Waals surface area contributed by atoms with Crippen molar-refractivity contribution in [2.45, 2.75) is 20.8 Å². The molecule has 0 aliphatic heterocycles. The van der Waals surface area contributed by atoms with E-state index in [-0.39, 0.29) is 11.3 Å². The topological polar surface area (TPSA) is 45.8 Å². The van der Waals surface area contributed by atoms with Crippen LogP contribution in [0.1, 0.15) is 32.6 Å². The lowest BCUT2D eigenvalue weighted by Crippen LogP contribution is -2.07. The van der Waals surface area contributed by atoms with Crippen molar-refractivity contribution in [2.24, 2.45) is 0 Å². The van der Waals surface area contributed by atoms with E-state index in [9.17, 15) is 9.18 Å². The molecule has 0 aliphatic rings. The Morgan fingerprint density at radius 3 is 2.67 bits per heavy atom. The first kappa shape index (κ1) is 13.5. The summed E-state index contributed by atoms with van der Waals surface area (Å²) in [5, 5.41) is 0.723. The highest BCUT2D eigenvalue weighted by Gasteiger charge is 2.21. The number of benzene rings is 1. The molecule has 0 bridgehead atoms. The summed E-state index contributed by atoms with van der Waals surface area (Å²) in [6.45, 7) is 5.31. The maximum atomic E-state index is 14.3. The van der Waals surface area contributed by atoms with Gasteiger partial charge in [0.2, 0.25) is 0 Å². The number of nitrogens with zero attached hydrogens (tertiary/aromatic N) is 1. The van der Waals surface area contributed by atoms with Crippen LogP contribution in [0.5, 0.6) is 0 Å². The monoisotopic (exact) mass is 282 g/mol. The summed E-state index contributed by atoms with van der Waals surface area (Å²) >= 11 is 0. The van der Waals surface area contributed by atoms with Crippen molar-refractivity contribution >= 4 is 16.8 Å². The van der Waals surface area contributed by atoms with Crippen molar-refractivity contribution in [3.05, 3.63) is 64.2 Å². The van der Waals surface area contributed by atoms with Crippen LogP contribution in [-0.2, 0) is 0 Å². The number of nitrogens with one attached hydrogen (secondary N) is 1. The van der Waals surface area contributed by atoms with Gasteiger partial charge in [-0.15, -0.1) is 0 Å². The van der Waals surface area contributed by atoms with Gasteiger partial charge in [0.15, 0.2) is 5.78 Å². The lowest BCUT2D eigenvalue weighted by Gasteiger charge is -2.08. The fourth-order valence-electron chi connectivity index (χ4n) is 2.49. The average molecular weight is 282 g/mol. The molecule has 0 saturated heterocycles. The predicted octanol–water partition coefficient (Wildman–Crippen LogP) is 3.86. The third-order valence-corrected chi connectivity index (χ3v) is 3.68. The number of carbonyl (C=O) groups excluding carboxylic acids is 1. The molecule has 0 saturated carbocycles. The van der Waals surface area contributed by atoms with E-state index in [1.54, 1.807) is 38.4 Å². The Morgan fingerprint density at radius 2 is 1.90 bits per heavy atom. The highest BCUT2D eigenvalue weighted by Crippen LogP contribution is 2.25. The Kier molecular flexibility index (Phi) is 3.09. The molecule has 3 aromatic rings. The molecule has 3 rings (SSSR count). The molecular weight excluding hydrogens is 267 g/mol. The van der Waals surface area contributed by atoms with Gasteiger partial charge >= 0.3 is 0 Å². The largest absolute Gasteiger partial charge is 0.345 e. The molecule has 21 heavy (non-hydrogen) atoms. The minimum atomic E-state index is -0.449. The van der Waals surface area contributed by atoms with Crippen LogP contribution >= 0.6 is 0 Å². The Balaban J connectivity index is 2.22. The van der Waals surface area contributed by atoms with Crippen molar-refractivity contribution in [3.8, 4) is 0 Å². The number of pyridine rings is 1. The molecule has 1 aromatic carbocycles. The van der Waals surface area contributed by atoms with Crippen molar-refractivity contribution < 1.29 is 9.18 Å². The number of aromatic amines is 1. The van der Waals surface area contributed by atoms with E-state index in [0.717, 1.165) is 10.9 Å². The van der Waals surface area contributed by atoms with Crippen LogP contribution < -0.4 is 0 Å². The van der Waals surface area contributed by atoms with Gasteiger partial charge in [-0.05, 0) is 43.5 Å². The first-order valence-electron chi connectivity index (χ1n) is 6.73. The van der Waals surface area contributed by atoms with E-state index in [1.165, 1.54) is 0 Å². The lowest BCUT2D eigenvalue weighted by atomic mass is 9.96. The Hall–Kier alpha value is -2.49. The lowest BCUT2D eigenvalue weighted by molar-refractivity contribution is 0.103. The fraction of sp³-hybridized carbons (Fsp3) is 0.176. The van der Waals surface area contributed by atoms with Crippen LogP contribution in [0.2, 0.25) is 0 Å². The number of rotatable bonds is 2. The summed E-state index contributed by atoms with van der Waals surface area (Å²) < 4.78 is 14.3. The molecule has 106 valence electrons. The van der Waals surface area contributed by atoms with Crippen molar-refractivity contribution in [1.82, 2.24) is 9.97 Å². The molecule has 0 unspecified atom stereocenters. The van der Waals surface area contributed by atoms with Crippen LogP contribution in [0, 0.1) is 26.6 Å². The van der Waals surface area contributed by atoms with Crippen LogP contribution in [0.25, 0.3) is 11.0 Å². The second kappa shape index (κ2) is 4.81. The molecular formula is C17H15FN2O. The van der Waals surface area contributed by atoms with E-state index in [2.05, 4.69) is 9.97 Å². The number of hydrogen-bond acceptors (Lipinski definition) is 2. The van der Waals surface area contributed by atoms with E-state index in [1.807, 2.05) is 13.0 Å². The summed E-state index contributed by atoms with van der Waals surface area (Å²) in [4.78, 5) is 19.9. The SMILES string of the molecule is Cc1cnc2[nH]cc(C(=O)c3c(C)ccc(C)c3F)c2c1. The van der Waals surface area contributed by atoms with Crippen LogP contribution in [0.15, 0.2) is 30.6 Å². The second-order valence-electron chi connectivity index (χ2n) is 5.33. The van der Waals surface area contributed by atoms with Crippen LogP contribution in [-0.4, -0.2) is 15.8 Å². The number of H-pyrrole nitrogens is 1. The zero-order valence-corrected chi connectivity index (χ0v) is 12.1. The first-order valence-corrected chi connectivity index (χ1v) is 6.73. The summed E-state index contributed by atoms with van der Waals surface area (Å²) in [5.41, 5.74) is 3.29. The smallest absolute Gasteiger partial charge is 0.198 e. The highest BCUT2D eigenvalue weighted by atomic mass is 19.1. The molecule has 0 spiro atoms. The number of fused-ring (bicyclic) bond motifs is 1. The summed E-state index contributed by atoms with van der Waals surface area (Å²) in [7, 11) is 0. The van der Waals surface area contributed by atoms with Gasteiger partial charge in [-0.1, -0.05) is 12.1 Å². The molecule has 0 fully saturated rings. The molecule has 1 N–H and O–H groups in total. The standard InChI is InChI=1S/C17H15FN2O/c1-9-6-12-13(8-20-17(12)19-7-9)16(21)14-10(2)4-5-11(3)15(14)18/h4-8H,1-3H3,(H,19,20). The van der Waals surface area contributed by atoms with E-state index >= 15 is 0 Å². The molecule has 0 atom stereocenters. The summed E-state index contributed by atoms with van der Waals surface area (Å²) in [5.74, 6) is -0.762. The maximum absolute atomic E-state index is 14.3. The van der Waals surface area contributed by atoms with Gasteiger partial charge in [0.1, 0.15) is 11.5 Å². The molecule has 0 amide bonds.